The number of benzene rings is 2. The zero-order valence-corrected chi connectivity index (χ0v) is 23.1. The van der Waals surface area contributed by atoms with Gasteiger partial charge in [0.15, 0.2) is 0 Å². The van der Waals surface area contributed by atoms with Crippen LogP contribution >= 0.6 is 0 Å². The molecule has 0 amide bonds. The molecule has 2 aliphatic rings. The number of aromatic nitrogens is 1. The average molecular weight is 504 g/mol. The minimum Gasteiger partial charge on any atom is -0.508 e. The van der Waals surface area contributed by atoms with Crippen molar-refractivity contribution in [3.63, 3.8) is 0 Å². The fourth-order valence-corrected chi connectivity index (χ4v) is 6.04. The van der Waals surface area contributed by atoms with E-state index >= 15 is 0 Å². The van der Waals surface area contributed by atoms with Gasteiger partial charge in [-0.15, -0.1) is 0 Å². The van der Waals surface area contributed by atoms with Crippen molar-refractivity contribution >= 4 is 10.9 Å². The number of rotatable bonds is 9. The Hall–Kier alpha value is -2.38. The van der Waals surface area contributed by atoms with Crippen LogP contribution in [0.3, 0.4) is 0 Å². The third kappa shape index (κ3) is 6.55. The molecule has 1 N–H and O–H groups in total. The van der Waals surface area contributed by atoms with Gasteiger partial charge in [-0.1, -0.05) is 18.2 Å². The van der Waals surface area contributed by atoms with Gasteiger partial charge in [-0.05, 0) is 81.2 Å². The van der Waals surface area contributed by atoms with Crippen LogP contribution in [0.5, 0.6) is 5.75 Å². The Bertz CT molecular complexity index is 1170. The molecule has 1 aromatic heterocycles. The molecule has 37 heavy (non-hydrogen) atoms. The molecule has 6 nitrogen and oxygen atoms in total. The normalized spacial score (nSPS) is 18.7. The summed E-state index contributed by atoms with van der Waals surface area (Å²) in [5.74, 6) is 0.366. The molecule has 0 bridgehead atoms. The number of aromatic hydroxyl groups is 1. The van der Waals surface area contributed by atoms with E-state index in [2.05, 4.69) is 69.3 Å². The van der Waals surface area contributed by atoms with Gasteiger partial charge in [0.25, 0.3) is 0 Å². The summed E-state index contributed by atoms with van der Waals surface area (Å²) in [4.78, 5) is 10.2. The van der Waals surface area contributed by atoms with Crippen LogP contribution in [0, 0.1) is 13.8 Å². The van der Waals surface area contributed by atoms with Crippen LogP contribution in [0.4, 0.5) is 0 Å². The van der Waals surface area contributed by atoms with E-state index in [1.165, 1.54) is 72.4 Å². The number of nitrogens with zero attached hydrogens (tertiary/aromatic N) is 5. The van der Waals surface area contributed by atoms with Crippen molar-refractivity contribution in [1.82, 2.24) is 24.2 Å². The summed E-state index contributed by atoms with van der Waals surface area (Å²) >= 11 is 0. The van der Waals surface area contributed by atoms with Crippen LogP contribution < -0.4 is 0 Å². The number of hydrogen-bond donors (Lipinski definition) is 1. The third-order valence-corrected chi connectivity index (χ3v) is 8.65. The monoisotopic (exact) mass is 503 g/mol. The number of piperazine rings is 2. The van der Waals surface area contributed by atoms with Crippen LogP contribution in [0.25, 0.3) is 10.9 Å². The van der Waals surface area contributed by atoms with E-state index in [1.807, 2.05) is 12.1 Å². The van der Waals surface area contributed by atoms with Gasteiger partial charge in [0.1, 0.15) is 5.75 Å². The van der Waals surface area contributed by atoms with E-state index < -0.39 is 0 Å². The van der Waals surface area contributed by atoms with Crippen molar-refractivity contribution in [2.45, 2.75) is 39.8 Å². The molecule has 5 rings (SSSR count). The number of phenols is 1. The lowest BCUT2D eigenvalue weighted by atomic mass is 10.1. The molecule has 2 fully saturated rings. The second-order valence-electron chi connectivity index (χ2n) is 11.2. The maximum atomic E-state index is 9.69. The van der Waals surface area contributed by atoms with Gasteiger partial charge in [-0.2, -0.15) is 0 Å². The van der Waals surface area contributed by atoms with Gasteiger partial charge >= 0.3 is 0 Å². The van der Waals surface area contributed by atoms with E-state index in [-0.39, 0.29) is 0 Å². The van der Waals surface area contributed by atoms with Crippen LogP contribution in [-0.4, -0.2) is 102 Å². The number of fused-ring (bicyclic) bond motifs is 1. The number of phenolic OH excluding ortho intramolecular Hbond substituents is 1. The van der Waals surface area contributed by atoms with E-state index in [0.29, 0.717) is 5.75 Å². The third-order valence-electron chi connectivity index (χ3n) is 8.65. The summed E-state index contributed by atoms with van der Waals surface area (Å²) in [6.07, 6.45) is 2.21. The van der Waals surface area contributed by atoms with Gasteiger partial charge in [0.2, 0.25) is 0 Å². The Morgan fingerprint density at radius 2 is 1.43 bits per heavy atom. The molecule has 6 heteroatoms. The Labute approximate surface area is 223 Å². The molecule has 2 aliphatic heterocycles. The largest absolute Gasteiger partial charge is 0.508 e. The molecule has 0 atom stereocenters. The first-order valence-electron chi connectivity index (χ1n) is 14.2. The van der Waals surface area contributed by atoms with E-state index in [1.54, 1.807) is 6.07 Å². The van der Waals surface area contributed by atoms with Crippen LogP contribution in [0.1, 0.15) is 28.8 Å². The molecule has 0 unspecified atom stereocenters. The summed E-state index contributed by atoms with van der Waals surface area (Å²) in [7, 11) is 2.23. The second-order valence-corrected chi connectivity index (χ2v) is 11.2. The molecule has 0 saturated carbocycles. The van der Waals surface area contributed by atoms with Crippen molar-refractivity contribution in [2.24, 2.45) is 0 Å². The molecular weight excluding hydrogens is 458 g/mol. The van der Waals surface area contributed by atoms with Crippen molar-refractivity contribution in [3.8, 4) is 5.75 Å². The van der Waals surface area contributed by atoms with E-state index in [4.69, 9.17) is 0 Å². The lowest BCUT2D eigenvalue weighted by molar-refractivity contribution is 0.128. The number of likely N-dealkylation sites (N-methyl/N-ethyl adjacent to an activating group) is 1. The first-order valence-corrected chi connectivity index (χ1v) is 14.2. The van der Waals surface area contributed by atoms with Crippen molar-refractivity contribution in [1.29, 1.82) is 0 Å². The molecule has 200 valence electrons. The minimum absolute atomic E-state index is 0.366. The van der Waals surface area contributed by atoms with Crippen LogP contribution in [-0.2, 0) is 19.5 Å². The standard InChI is InChI=1S/C31H45N5O/c1-25-26(2)36(12-5-11-33-16-14-32(3)15-17-33)31-9-8-28(23-30(25)31)24-35-20-18-34(19-21-35)13-10-27-6-4-7-29(37)22-27/h4,6-9,22-23,37H,5,10-21,24H2,1-3H3. The average Bonchev–Trinajstić information content (AvgIpc) is 3.14. The Morgan fingerprint density at radius 3 is 2.19 bits per heavy atom. The molecule has 0 spiro atoms. The molecule has 2 aromatic carbocycles. The summed E-state index contributed by atoms with van der Waals surface area (Å²) in [6.45, 7) is 18.2. The smallest absolute Gasteiger partial charge is 0.115 e. The number of aryl methyl sites for hydroxylation is 2. The van der Waals surface area contributed by atoms with Crippen LogP contribution in [0.2, 0.25) is 0 Å². The summed E-state index contributed by atoms with van der Waals surface area (Å²) in [5, 5.41) is 11.1. The molecular formula is C31H45N5O. The first kappa shape index (κ1) is 26.2. The summed E-state index contributed by atoms with van der Waals surface area (Å²) < 4.78 is 2.55. The first-order chi connectivity index (χ1) is 18.0. The summed E-state index contributed by atoms with van der Waals surface area (Å²) in [6, 6.07) is 14.8. The highest BCUT2D eigenvalue weighted by Gasteiger charge is 2.18. The number of hydrogen-bond acceptors (Lipinski definition) is 5. The highest BCUT2D eigenvalue weighted by atomic mass is 16.3. The topological polar surface area (TPSA) is 38.1 Å². The molecule has 3 heterocycles. The van der Waals surface area contributed by atoms with Gasteiger partial charge in [0.05, 0.1) is 0 Å². The van der Waals surface area contributed by atoms with Crippen LogP contribution in [0.15, 0.2) is 42.5 Å². The zero-order valence-electron chi connectivity index (χ0n) is 23.1. The van der Waals surface area contributed by atoms with Gasteiger partial charge < -0.3 is 24.4 Å². The summed E-state index contributed by atoms with van der Waals surface area (Å²) in [5.41, 5.74) is 6.90. The van der Waals surface area contributed by atoms with Crippen molar-refractivity contribution in [2.75, 3.05) is 72.5 Å². The van der Waals surface area contributed by atoms with Crippen molar-refractivity contribution in [3.05, 3.63) is 64.8 Å². The molecule has 3 aromatic rings. The fourth-order valence-electron chi connectivity index (χ4n) is 6.04. The Balaban J connectivity index is 1.13. The Kier molecular flexibility index (Phi) is 8.50. The van der Waals surface area contributed by atoms with Gasteiger partial charge in [-0.25, -0.2) is 0 Å². The maximum absolute atomic E-state index is 9.69. The fraction of sp³-hybridized carbons (Fsp3) is 0.548. The maximum Gasteiger partial charge on any atom is 0.115 e. The van der Waals surface area contributed by atoms with E-state index in [9.17, 15) is 5.11 Å². The van der Waals surface area contributed by atoms with E-state index in [0.717, 1.165) is 52.2 Å². The lowest BCUT2D eigenvalue weighted by Gasteiger charge is -2.34. The highest BCUT2D eigenvalue weighted by Crippen LogP contribution is 2.27. The predicted molar refractivity (Wildman–Crippen MR) is 153 cm³/mol. The SMILES string of the molecule is Cc1c(C)n(CCCN2CCN(C)CC2)c2ccc(CN3CCN(CCc4cccc(O)c4)CC3)cc12. The lowest BCUT2D eigenvalue weighted by Crippen LogP contribution is -2.46. The van der Waals surface area contributed by atoms with Gasteiger partial charge in [-0.3, -0.25) is 4.90 Å². The van der Waals surface area contributed by atoms with Crippen molar-refractivity contribution < 1.29 is 5.11 Å². The Morgan fingerprint density at radius 1 is 0.730 bits per heavy atom. The minimum atomic E-state index is 0.366. The highest BCUT2D eigenvalue weighted by molar-refractivity contribution is 5.86. The molecule has 0 aliphatic carbocycles. The second kappa shape index (κ2) is 12.0. The molecule has 2 saturated heterocycles. The quantitative estimate of drug-likeness (QED) is 0.479. The van der Waals surface area contributed by atoms with Gasteiger partial charge in [0, 0.05) is 88.6 Å². The molecule has 0 radical (unpaired) electrons. The zero-order chi connectivity index (χ0) is 25.8. The predicted octanol–water partition coefficient (Wildman–Crippen LogP) is 3.96.